The van der Waals surface area contributed by atoms with Gasteiger partial charge in [-0.05, 0) is 25.7 Å². The molecule has 2 heterocycles. The second kappa shape index (κ2) is 18.5. The molecule has 19 nitrogen and oxygen atoms in total. The van der Waals surface area contributed by atoms with E-state index in [9.17, 15) is 43.8 Å². The van der Waals surface area contributed by atoms with Crippen LogP contribution in [0, 0.1) is 5.92 Å². The Bertz CT molecular complexity index is 1260. The predicted molar refractivity (Wildman–Crippen MR) is 163 cm³/mol. The van der Waals surface area contributed by atoms with E-state index >= 15 is 0 Å². The molecule has 19 heteroatoms. The Morgan fingerprint density at radius 1 is 0.979 bits per heavy atom. The summed E-state index contributed by atoms with van der Waals surface area (Å²) in [6, 6.07) is -7.30. The van der Waals surface area contributed by atoms with Gasteiger partial charge in [-0.1, -0.05) is 20.3 Å². The number of amides is 6. The maximum Gasteiger partial charge on any atom is 0.328 e. The van der Waals surface area contributed by atoms with Crippen molar-refractivity contribution >= 4 is 41.4 Å². The summed E-state index contributed by atoms with van der Waals surface area (Å²) in [5, 5.41) is 40.0. The molecule has 0 bridgehead atoms. The number of hydrogen-bond donors (Lipinski definition) is 10. The molecule has 0 spiro atoms. The first-order valence-electron chi connectivity index (χ1n) is 15.2. The summed E-state index contributed by atoms with van der Waals surface area (Å²) in [6.07, 6.45) is 3.98. The molecule has 1 aliphatic heterocycles. The Kier molecular flexibility index (Phi) is 15.2. The van der Waals surface area contributed by atoms with Crippen molar-refractivity contribution in [2.45, 2.75) is 82.7 Å². The van der Waals surface area contributed by atoms with Crippen LogP contribution in [-0.2, 0) is 40.0 Å². The van der Waals surface area contributed by atoms with E-state index in [0.29, 0.717) is 18.5 Å². The molecule has 1 fully saturated rings. The van der Waals surface area contributed by atoms with Crippen LogP contribution in [-0.4, -0.2) is 134 Å². The lowest BCUT2D eigenvalue weighted by Crippen LogP contribution is -2.58. The Hall–Kier alpha value is -4.62. The molecule has 262 valence electrons. The molecule has 0 aliphatic carbocycles. The Morgan fingerprint density at radius 2 is 1.62 bits per heavy atom. The van der Waals surface area contributed by atoms with E-state index < -0.39 is 97.4 Å². The van der Waals surface area contributed by atoms with Crippen molar-refractivity contribution in [3.63, 3.8) is 0 Å². The van der Waals surface area contributed by atoms with E-state index in [-0.39, 0.29) is 25.3 Å². The van der Waals surface area contributed by atoms with Gasteiger partial charge < -0.3 is 57.5 Å². The lowest BCUT2D eigenvalue weighted by molar-refractivity contribution is -0.143. The molecule has 0 saturated carbocycles. The summed E-state index contributed by atoms with van der Waals surface area (Å²) in [7, 11) is 0. The first kappa shape index (κ1) is 38.6. The van der Waals surface area contributed by atoms with E-state index in [4.69, 9.17) is 10.8 Å². The Balaban J connectivity index is 1.95. The maximum absolute atomic E-state index is 13.1. The van der Waals surface area contributed by atoms with Gasteiger partial charge in [0.15, 0.2) is 0 Å². The first-order valence-corrected chi connectivity index (χ1v) is 15.2. The average molecular weight is 668 g/mol. The first-order chi connectivity index (χ1) is 22.2. The van der Waals surface area contributed by atoms with Crippen molar-refractivity contribution in [1.82, 2.24) is 41.5 Å². The standard InChI is InChI=1S/C28H45N9O10/c1-4-14(2)22(29)26(44)35-18(11-38)27(45)37-7-5-6-20(37)25(43)31-10-21(40)33-15(3)23(41)34-17(8-16-9-30-13-32-16)24(42)36-19(12-39)28(46)47/h9,13-15,17-20,22,38-39H,4-8,10-12,29H2,1-3H3,(H,30,32)(H,31,43)(H,33,40)(H,34,41)(H,35,44)(H,36,42)(H,46,47)/t14-,15-,17-,18-,19-,20-,22-/m0/s1. The van der Waals surface area contributed by atoms with Crippen molar-refractivity contribution in [2.75, 3.05) is 26.3 Å². The van der Waals surface area contributed by atoms with Crippen molar-refractivity contribution in [2.24, 2.45) is 11.7 Å². The third-order valence-electron chi connectivity index (χ3n) is 7.80. The van der Waals surface area contributed by atoms with Crippen molar-refractivity contribution in [3.8, 4) is 0 Å². The monoisotopic (exact) mass is 667 g/mol. The number of H-pyrrole nitrogens is 1. The number of aliphatic hydroxyl groups is 2. The number of nitrogens with zero attached hydrogens (tertiary/aromatic N) is 2. The highest BCUT2D eigenvalue weighted by Gasteiger charge is 2.38. The number of imidazole rings is 1. The van der Waals surface area contributed by atoms with Gasteiger partial charge in [-0.3, -0.25) is 28.8 Å². The lowest BCUT2D eigenvalue weighted by atomic mass is 9.99. The summed E-state index contributed by atoms with van der Waals surface area (Å²) >= 11 is 0. The van der Waals surface area contributed by atoms with Crippen LogP contribution in [0.15, 0.2) is 12.5 Å². The normalized spacial score (nSPS) is 18.1. The van der Waals surface area contributed by atoms with Crippen molar-refractivity contribution in [1.29, 1.82) is 0 Å². The second-order valence-corrected chi connectivity index (χ2v) is 11.3. The number of likely N-dealkylation sites (tertiary alicyclic amines) is 1. The number of aromatic amines is 1. The van der Waals surface area contributed by atoms with Gasteiger partial charge in [0.05, 0.1) is 32.1 Å². The SMILES string of the molecule is CC[C@H](C)[C@H](N)C(=O)N[C@@H](CO)C(=O)N1CCC[C@H]1C(=O)NCC(=O)N[C@@H](C)C(=O)N[C@@H](Cc1cnc[nH]1)C(=O)N[C@@H](CO)C(=O)O. The van der Waals surface area contributed by atoms with Gasteiger partial charge >= 0.3 is 5.97 Å². The summed E-state index contributed by atoms with van der Waals surface area (Å²) in [5.74, 6) is -6.07. The van der Waals surface area contributed by atoms with E-state index in [1.165, 1.54) is 24.3 Å². The number of carbonyl (C=O) groups is 7. The van der Waals surface area contributed by atoms with Crippen LogP contribution in [0.25, 0.3) is 0 Å². The third-order valence-corrected chi connectivity index (χ3v) is 7.80. The molecule has 0 aromatic carbocycles. The fourth-order valence-electron chi connectivity index (χ4n) is 4.69. The van der Waals surface area contributed by atoms with Crippen LogP contribution in [0.4, 0.5) is 0 Å². The molecule has 47 heavy (non-hydrogen) atoms. The van der Waals surface area contributed by atoms with Crippen LogP contribution in [0.1, 0.15) is 45.7 Å². The zero-order valence-electron chi connectivity index (χ0n) is 26.5. The number of carboxylic acids is 1. The van der Waals surface area contributed by atoms with Crippen LogP contribution >= 0.6 is 0 Å². The molecule has 6 amide bonds. The fraction of sp³-hybridized carbons (Fsp3) is 0.643. The molecule has 1 saturated heterocycles. The molecule has 0 unspecified atom stereocenters. The zero-order valence-corrected chi connectivity index (χ0v) is 26.5. The van der Waals surface area contributed by atoms with E-state index in [1.807, 2.05) is 6.92 Å². The highest BCUT2D eigenvalue weighted by molar-refractivity contribution is 5.96. The van der Waals surface area contributed by atoms with Gasteiger partial charge in [-0.25, -0.2) is 9.78 Å². The van der Waals surface area contributed by atoms with Crippen molar-refractivity contribution < 1.29 is 48.9 Å². The number of nitrogens with two attached hydrogens (primary N) is 1. The van der Waals surface area contributed by atoms with Gasteiger partial charge in [0.2, 0.25) is 35.4 Å². The maximum atomic E-state index is 13.1. The van der Waals surface area contributed by atoms with Crippen LogP contribution < -0.4 is 32.3 Å². The van der Waals surface area contributed by atoms with Crippen LogP contribution in [0.2, 0.25) is 0 Å². The number of rotatable bonds is 18. The quantitative estimate of drug-likeness (QED) is 0.0708. The highest BCUT2D eigenvalue weighted by atomic mass is 16.4. The average Bonchev–Trinajstić information content (AvgIpc) is 3.76. The lowest BCUT2D eigenvalue weighted by Gasteiger charge is -2.29. The van der Waals surface area contributed by atoms with E-state index in [0.717, 1.165) is 0 Å². The largest absolute Gasteiger partial charge is 0.480 e. The number of aromatic nitrogens is 2. The van der Waals surface area contributed by atoms with Crippen LogP contribution in [0.3, 0.4) is 0 Å². The summed E-state index contributed by atoms with van der Waals surface area (Å²) in [4.78, 5) is 95.8. The third kappa shape index (κ3) is 11.3. The number of nitrogens with one attached hydrogen (secondary N) is 6. The predicted octanol–water partition coefficient (Wildman–Crippen LogP) is -4.54. The zero-order chi connectivity index (χ0) is 35.3. The summed E-state index contributed by atoms with van der Waals surface area (Å²) < 4.78 is 0. The molecular weight excluding hydrogens is 622 g/mol. The number of aliphatic carboxylic acids is 1. The molecular formula is C28H45N9O10. The highest BCUT2D eigenvalue weighted by Crippen LogP contribution is 2.19. The minimum absolute atomic E-state index is 0.117. The van der Waals surface area contributed by atoms with E-state index in [1.54, 1.807) is 6.92 Å². The molecule has 11 N–H and O–H groups in total. The molecule has 1 aromatic rings. The second-order valence-electron chi connectivity index (χ2n) is 11.3. The molecule has 1 aliphatic rings. The Morgan fingerprint density at radius 3 is 2.19 bits per heavy atom. The van der Waals surface area contributed by atoms with E-state index in [2.05, 4.69) is 36.6 Å². The van der Waals surface area contributed by atoms with Gasteiger partial charge in [-0.15, -0.1) is 0 Å². The van der Waals surface area contributed by atoms with Gasteiger partial charge in [0.25, 0.3) is 0 Å². The molecule has 2 rings (SSSR count). The number of aliphatic hydroxyl groups excluding tert-OH is 2. The van der Waals surface area contributed by atoms with Gasteiger partial charge in [0, 0.05) is 24.9 Å². The molecule has 1 aromatic heterocycles. The molecule has 0 radical (unpaired) electrons. The number of hydrogen-bond acceptors (Lipinski definition) is 11. The van der Waals surface area contributed by atoms with Crippen molar-refractivity contribution in [3.05, 3.63) is 18.2 Å². The van der Waals surface area contributed by atoms with Gasteiger partial charge in [0.1, 0.15) is 30.2 Å². The Labute approximate surface area is 270 Å². The van der Waals surface area contributed by atoms with Crippen LogP contribution in [0.5, 0.6) is 0 Å². The summed E-state index contributed by atoms with van der Waals surface area (Å²) in [6.45, 7) is 2.98. The fourth-order valence-corrected chi connectivity index (χ4v) is 4.69. The minimum atomic E-state index is -1.61. The summed E-state index contributed by atoms with van der Waals surface area (Å²) in [5.41, 5.74) is 6.36. The minimum Gasteiger partial charge on any atom is -0.480 e. The smallest absolute Gasteiger partial charge is 0.328 e. The number of carboxylic acid groups (broad SMARTS) is 1. The van der Waals surface area contributed by atoms with Gasteiger partial charge in [-0.2, -0.15) is 0 Å². The number of carbonyl (C=O) groups excluding carboxylic acids is 6. The molecule has 7 atom stereocenters. The topological polar surface area (TPSA) is 298 Å².